The topological polar surface area (TPSA) is 98.9 Å². The van der Waals surface area contributed by atoms with Crippen LogP contribution >= 0.6 is 0 Å². The smallest absolute Gasteiger partial charge is 0.572 e. The van der Waals surface area contributed by atoms with E-state index in [-0.39, 0.29) is 37.4 Å². The Morgan fingerprint density at radius 1 is 0.759 bits per heavy atom. The van der Waals surface area contributed by atoms with E-state index in [0.29, 0.717) is 48.2 Å². The van der Waals surface area contributed by atoms with Crippen molar-refractivity contribution in [1.82, 2.24) is 39.3 Å². The van der Waals surface area contributed by atoms with Gasteiger partial charge in [0.2, 0.25) is 0 Å². The van der Waals surface area contributed by atoms with E-state index in [9.17, 15) is 22.0 Å². The van der Waals surface area contributed by atoms with Crippen LogP contribution in [0.1, 0.15) is 25.1 Å². The second-order valence-corrected chi connectivity index (χ2v) is 11.2. The van der Waals surface area contributed by atoms with E-state index in [0.717, 1.165) is 23.0 Å². The van der Waals surface area contributed by atoms with Gasteiger partial charge < -0.3 is 24.2 Å². The van der Waals surface area contributed by atoms with Crippen molar-refractivity contribution in [3.05, 3.63) is 133 Å². The third kappa shape index (κ3) is 11.0. The van der Waals surface area contributed by atoms with Crippen LogP contribution in [-0.2, 0) is 46.9 Å². The van der Waals surface area contributed by atoms with Crippen molar-refractivity contribution in [2.75, 3.05) is 13.2 Å². The van der Waals surface area contributed by atoms with Crippen molar-refractivity contribution in [2.24, 2.45) is 14.1 Å². The minimum atomic E-state index is -4.50. The van der Waals surface area contributed by atoms with Crippen LogP contribution in [0.15, 0.2) is 97.6 Å². The molecule has 4 aromatic heterocycles. The van der Waals surface area contributed by atoms with E-state index in [1.165, 1.54) is 30.5 Å². The number of hydrogen-bond acceptors (Lipinski definition) is 6. The third-order valence-electron chi connectivity index (χ3n) is 7.25. The number of aromatic nitrogens is 8. The van der Waals surface area contributed by atoms with Gasteiger partial charge in [-0.1, -0.05) is 71.4 Å². The third-order valence-corrected chi connectivity index (χ3v) is 7.25. The molecule has 0 amide bonds. The monoisotopic (exact) mass is 922 g/mol. The Labute approximate surface area is 321 Å². The average Bonchev–Trinajstić information content (AvgIpc) is 3.95. The normalized spacial score (nSPS) is 10.8. The summed E-state index contributed by atoms with van der Waals surface area (Å²) in [5, 5.41) is 15.2. The first-order chi connectivity index (χ1) is 25.4. The molecule has 0 spiro atoms. The van der Waals surface area contributed by atoms with Crippen LogP contribution in [0.4, 0.5) is 22.0 Å². The Kier molecular flexibility index (Phi) is 14.4. The standard InChI is InChI=1S/C14H10F3N4.2C12H12FN2O.Ir/c15-14(16,17)12-8-11(19-20-12)13-18-6-7-21(13)9-10-4-2-1-3-5-10;2*1-3-16-12-8-9(13)4-5-10(12)11-6-7-15(2)14-11;/h1-8H,9H2;2*4,6-8H,3H2,1-2H3;/q3*-1;+3. The van der Waals surface area contributed by atoms with Gasteiger partial charge in [-0.2, -0.15) is 13.2 Å². The van der Waals surface area contributed by atoms with Gasteiger partial charge in [0.1, 0.15) is 11.5 Å². The minimum Gasteiger partial charge on any atom is -0.572 e. The molecule has 10 nitrogen and oxygen atoms in total. The van der Waals surface area contributed by atoms with Gasteiger partial charge in [-0.15, -0.1) is 24.3 Å². The molecule has 282 valence electrons. The molecule has 0 fully saturated rings. The summed E-state index contributed by atoms with van der Waals surface area (Å²) < 4.78 is 79.6. The number of nitrogens with zero attached hydrogens (tertiary/aromatic N) is 8. The Hall–Kier alpha value is -5.60. The van der Waals surface area contributed by atoms with Gasteiger partial charge >= 0.3 is 26.3 Å². The van der Waals surface area contributed by atoms with E-state index in [2.05, 4.69) is 37.5 Å². The van der Waals surface area contributed by atoms with Gasteiger partial charge in [0, 0.05) is 79.9 Å². The molecule has 7 aromatic rings. The van der Waals surface area contributed by atoms with Crippen molar-refractivity contribution in [3.8, 4) is 45.5 Å². The van der Waals surface area contributed by atoms with Crippen LogP contribution in [0.2, 0.25) is 0 Å². The SMILES string of the molecule is CCOc1cc(F)c[c-]c1-c1ccn(C)n1.CCOc1cc(F)c[c-]c1-c1ccn(C)n1.FC(F)(F)c1cc(-c2nccn2Cc2ccccc2)[n-]n1.[Ir+3]. The zero-order valence-electron chi connectivity index (χ0n) is 29.5. The molecule has 0 N–H and O–H groups in total. The molecule has 0 radical (unpaired) electrons. The summed E-state index contributed by atoms with van der Waals surface area (Å²) in [4.78, 5) is 4.07. The number of benzene rings is 3. The van der Waals surface area contributed by atoms with Gasteiger partial charge in [-0.05, 0) is 25.5 Å². The fraction of sp³-hybridized carbons (Fsp3) is 0.211. The summed E-state index contributed by atoms with van der Waals surface area (Å²) in [6, 6.07) is 25.1. The molecule has 16 heteroatoms. The maximum absolute atomic E-state index is 13.1. The van der Waals surface area contributed by atoms with E-state index in [1.54, 1.807) is 20.1 Å². The van der Waals surface area contributed by atoms with Crippen LogP contribution in [0.3, 0.4) is 0 Å². The van der Waals surface area contributed by atoms with Crippen molar-refractivity contribution in [1.29, 1.82) is 0 Å². The molecule has 0 bridgehead atoms. The molecular weight excluding hydrogens is 888 g/mol. The Balaban J connectivity index is 0.000000181. The summed E-state index contributed by atoms with van der Waals surface area (Å²) in [7, 11) is 3.65. The largest absolute Gasteiger partial charge is 3.00 e. The fourth-order valence-corrected chi connectivity index (χ4v) is 4.93. The van der Waals surface area contributed by atoms with Gasteiger partial charge in [0.15, 0.2) is 0 Å². The van der Waals surface area contributed by atoms with Gasteiger partial charge in [0.25, 0.3) is 0 Å². The Bertz CT molecular complexity index is 2120. The van der Waals surface area contributed by atoms with Crippen LogP contribution < -0.4 is 14.6 Å². The average molecular weight is 922 g/mol. The van der Waals surface area contributed by atoms with Crippen molar-refractivity contribution < 1.29 is 51.5 Å². The molecule has 0 saturated heterocycles. The molecule has 0 saturated carbocycles. The first-order valence-electron chi connectivity index (χ1n) is 16.3. The van der Waals surface area contributed by atoms with Crippen LogP contribution in [0, 0.1) is 23.8 Å². The predicted octanol–water partition coefficient (Wildman–Crippen LogP) is 7.82. The summed E-state index contributed by atoms with van der Waals surface area (Å²) in [6.07, 6.45) is 2.37. The van der Waals surface area contributed by atoms with Crippen LogP contribution in [0.25, 0.3) is 34.0 Å². The Morgan fingerprint density at radius 2 is 1.30 bits per heavy atom. The summed E-state index contributed by atoms with van der Waals surface area (Å²) in [5.41, 5.74) is 2.95. The van der Waals surface area contributed by atoms with Gasteiger partial charge in [-0.3, -0.25) is 18.1 Å². The molecule has 0 aliphatic heterocycles. The summed E-state index contributed by atoms with van der Waals surface area (Å²) >= 11 is 0. The van der Waals surface area contributed by atoms with Crippen molar-refractivity contribution in [2.45, 2.75) is 26.6 Å². The van der Waals surface area contributed by atoms with E-state index in [1.807, 2.05) is 82.8 Å². The number of hydrogen-bond donors (Lipinski definition) is 0. The first-order valence-corrected chi connectivity index (χ1v) is 16.3. The van der Waals surface area contributed by atoms with E-state index >= 15 is 0 Å². The van der Waals surface area contributed by atoms with Gasteiger partial charge in [-0.25, -0.2) is 15.2 Å². The maximum atomic E-state index is 13.1. The molecule has 0 unspecified atom stereocenters. The van der Waals surface area contributed by atoms with E-state index in [4.69, 9.17) is 9.47 Å². The Morgan fingerprint density at radius 3 is 1.74 bits per heavy atom. The number of ether oxygens (including phenoxy) is 2. The fourth-order valence-electron chi connectivity index (χ4n) is 4.93. The molecule has 0 atom stereocenters. The van der Waals surface area contributed by atoms with E-state index < -0.39 is 11.9 Å². The molecule has 7 rings (SSSR count). The van der Waals surface area contributed by atoms with Crippen LogP contribution in [-0.4, -0.2) is 47.4 Å². The number of imidazole rings is 1. The predicted molar refractivity (Wildman–Crippen MR) is 187 cm³/mol. The summed E-state index contributed by atoms with van der Waals surface area (Å²) in [6.45, 7) is 5.18. The molecule has 4 heterocycles. The molecular formula is C38H34F5IrN8O2. The van der Waals surface area contributed by atoms with Crippen molar-refractivity contribution in [3.63, 3.8) is 0 Å². The van der Waals surface area contributed by atoms with Gasteiger partial charge in [0.05, 0.1) is 13.2 Å². The van der Waals surface area contributed by atoms with Crippen LogP contribution in [0.5, 0.6) is 11.5 Å². The quantitative estimate of drug-likeness (QED) is 0.108. The zero-order chi connectivity index (χ0) is 38.0. The minimum absolute atomic E-state index is 0. The summed E-state index contributed by atoms with van der Waals surface area (Å²) in [5.74, 6) is 0.593. The number of halogens is 5. The first kappa shape index (κ1) is 41.2. The molecule has 3 aromatic carbocycles. The maximum Gasteiger partial charge on any atom is 3.00 e. The van der Waals surface area contributed by atoms with Crippen molar-refractivity contribution >= 4 is 0 Å². The second-order valence-electron chi connectivity index (χ2n) is 11.2. The number of aryl methyl sites for hydroxylation is 2. The number of alkyl halides is 3. The second kappa shape index (κ2) is 18.9. The molecule has 54 heavy (non-hydrogen) atoms. The molecule has 0 aliphatic rings. The zero-order valence-corrected chi connectivity index (χ0v) is 31.9. The molecule has 0 aliphatic carbocycles. The number of rotatable bonds is 9.